The molecule has 2 aliphatic rings. The Morgan fingerprint density at radius 1 is 1.00 bits per heavy atom. The summed E-state index contributed by atoms with van der Waals surface area (Å²) in [6, 6.07) is 0. The quantitative estimate of drug-likeness (QED) is 0.704. The van der Waals surface area contributed by atoms with E-state index in [0.717, 1.165) is 5.92 Å². The van der Waals surface area contributed by atoms with Crippen molar-refractivity contribution in [2.75, 3.05) is 0 Å². The van der Waals surface area contributed by atoms with Crippen LogP contribution in [0.3, 0.4) is 0 Å². The second-order valence-corrected chi connectivity index (χ2v) is 7.27. The van der Waals surface area contributed by atoms with Crippen LogP contribution in [0.1, 0.15) is 66.7 Å². The zero-order chi connectivity index (χ0) is 14.1. The molecule has 0 bridgehead atoms. The Labute approximate surface area is 119 Å². The zero-order valence-corrected chi connectivity index (χ0v) is 13.2. The number of hydrogen-bond acceptors (Lipinski definition) is 2. The molecule has 0 aromatic heterocycles. The minimum Gasteiger partial charge on any atom is -0.400 e. The first kappa shape index (κ1) is 15.1. The van der Waals surface area contributed by atoms with Gasteiger partial charge in [-0.25, -0.2) is 0 Å². The lowest BCUT2D eigenvalue weighted by Gasteiger charge is -2.32. The maximum Gasteiger partial charge on any atom is 0.486 e. The van der Waals surface area contributed by atoms with E-state index < -0.39 is 0 Å². The molecule has 108 valence electrons. The van der Waals surface area contributed by atoms with Crippen LogP contribution in [-0.2, 0) is 9.31 Å². The Morgan fingerprint density at radius 2 is 1.53 bits per heavy atom. The van der Waals surface area contributed by atoms with Crippen molar-refractivity contribution in [1.29, 1.82) is 0 Å². The van der Waals surface area contributed by atoms with Crippen LogP contribution in [0.5, 0.6) is 0 Å². The molecule has 3 heteroatoms. The highest BCUT2D eigenvalue weighted by Gasteiger charge is 2.50. The summed E-state index contributed by atoms with van der Waals surface area (Å²) in [5, 5.41) is 0. The van der Waals surface area contributed by atoms with E-state index in [-0.39, 0.29) is 18.3 Å². The van der Waals surface area contributed by atoms with Gasteiger partial charge in [-0.3, -0.25) is 0 Å². The molecular weight excluding hydrogens is 235 g/mol. The average Bonchev–Trinajstić information content (AvgIpc) is 2.56. The maximum atomic E-state index is 5.99. The Hall–Kier alpha value is -0.275. The van der Waals surface area contributed by atoms with Crippen LogP contribution in [0, 0.1) is 11.8 Å². The molecule has 1 aliphatic heterocycles. The van der Waals surface area contributed by atoms with E-state index in [0.29, 0.717) is 5.92 Å². The third-order valence-corrected chi connectivity index (χ3v) is 5.24. The van der Waals surface area contributed by atoms with Crippen molar-refractivity contribution in [3.63, 3.8) is 0 Å². The largest absolute Gasteiger partial charge is 0.486 e. The Balaban J connectivity index is 1.89. The molecule has 0 aromatic rings. The zero-order valence-electron chi connectivity index (χ0n) is 13.2. The predicted octanol–water partition coefficient (Wildman–Crippen LogP) is 4.39. The minimum atomic E-state index is -0.226. The fourth-order valence-electron chi connectivity index (χ4n) is 3.05. The Kier molecular flexibility index (Phi) is 4.47. The minimum absolute atomic E-state index is 0.184. The van der Waals surface area contributed by atoms with Crippen LogP contribution in [0.15, 0.2) is 12.1 Å². The first-order valence-corrected chi connectivity index (χ1v) is 7.86. The van der Waals surface area contributed by atoms with Gasteiger partial charge in [-0.15, -0.1) is 0 Å². The van der Waals surface area contributed by atoms with E-state index in [9.17, 15) is 0 Å². The molecule has 0 spiro atoms. The normalized spacial score (nSPS) is 29.0. The van der Waals surface area contributed by atoms with Gasteiger partial charge in [0.05, 0.1) is 11.2 Å². The Morgan fingerprint density at radius 3 is 2.05 bits per heavy atom. The predicted molar refractivity (Wildman–Crippen MR) is 81.0 cm³/mol. The topological polar surface area (TPSA) is 18.5 Å². The van der Waals surface area contributed by atoms with E-state index in [2.05, 4.69) is 46.7 Å². The first-order chi connectivity index (χ1) is 8.82. The van der Waals surface area contributed by atoms with Crippen molar-refractivity contribution in [1.82, 2.24) is 0 Å². The summed E-state index contributed by atoms with van der Waals surface area (Å²) < 4.78 is 12.0. The van der Waals surface area contributed by atoms with Gasteiger partial charge in [0.25, 0.3) is 0 Å². The maximum absolute atomic E-state index is 5.99. The number of rotatable bonds is 3. The van der Waals surface area contributed by atoms with Gasteiger partial charge < -0.3 is 9.31 Å². The number of allylic oxidation sites excluding steroid dienone is 1. The van der Waals surface area contributed by atoms with Gasteiger partial charge in [-0.05, 0) is 52.4 Å². The van der Waals surface area contributed by atoms with E-state index in [4.69, 9.17) is 9.31 Å². The molecule has 0 aromatic carbocycles. The molecule has 2 nitrogen and oxygen atoms in total. The molecule has 0 amide bonds. The van der Waals surface area contributed by atoms with Crippen LogP contribution < -0.4 is 0 Å². The van der Waals surface area contributed by atoms with Gasteiger partial charge in [0.15, 0.2) is 0 Å². The monoisotopic (exact) mass is 264 g/mol. The first-order valence-electron chi connectivity index (χ1n) is 7.86. The molecule has 1 heterocycles. The Bertz CT molecular complexity index is 314. The highest BCUT2D eigenvalue weighted by Crippen LogP contribution is 2.37. The molecule has 1 atom stereocenters. The molecule has 2 rings (SSSR count). The summed E-state index contributed by atoms with van der Waals surface area (Å²) >= 11 is 0. The summed E-state index contributed by atoms with van der Waals surface area (Å²) in [6.45, 7) is 10.7. The smallest absolute Gasteiger partial charge is 0.400 e. The molecule has 1 aliphatic carbocycles. The fourth-order valence-corrected chi connectivity index (χ4v) is 3.05. The summed E-state index contributed by atoms with van der Waals surface area (Å²) in [5.41, 5.74) is -0.452. The summed E-state index contributed by atoms with van der Waals surface area (Å²) in [6.07, 6.45) is 9.30. The van der Waals surface area contributed by atoms with Crippen LogP contribution in [0.4, 0.5) is 0 Å². The average molecular weight is 264 g/mol. The lowest BCUT2D eigenvalue weighted by molar-refractivity contribution is 0.00578. The van der Waals surface area contributed by atoms with Crippen molar-refractivity contribution < 1.29 is 9.31 Å². The summed E-state index contributed by atoms with van der Waals surface area (Å²) in [5.74, 6) is 3.61. The van der Waals surface area contributed by atoms with Gasteiger partial charge in [-0.1, -0.05) is 38.2 Å². The van der Waals surface area contributed by atoms with Gasteiger partial charge in [0.1, 0.15) is 0 Å². The van der Waals surface area contributed by atoms with Gasteiger partial charge >= 0.3 is 7.12 Å². The standard InChI is InChI=1S/C16H29BO2/c1-13(14-9-7-6-8-10-14)11-12-17-18-15(2,3)16(4,5)19-17/h11-14H,6-10H2,1-5H3/b12-11+. The second kappa shape index (κ2) is 5.61. The lowest BCUT2D eigenvalue weighted by Crippen LogP contribution is -2.41. The van der Waals surface area contributed by atoms with Crippen LogP contribution in [0.2, 0.25) is 0 Å². The SMILES string of the molecule is CC(/C=C/B1OC(C)(C)C(C)(C)O1)C1CCCCC1. The van der Waals surface area contributed by atoms with Crippen molar-refractivity contribution in [3.05, 3.63) is 12.1 Å². The summed E-state index contributed by atoms with van der Waals surface area (Å²) in [7, 11) is -0.184. The van der Waals surface area contributed by atoms with Gasteiger partial charge in [0.2, 0.25) is 0 Å². The van der Waals surface area contributed by atoms with Crippen molar-refractivity contribution in [3.8, 4) is 0 Å². The molecule has 2 fully saturated rings. The molecule has 1 saturated heterocycles. The molecule has 0 N–H and O–H groups in total. The fraction of sp³-hybridized carbons (Fsp3) is 0.875. The van der Waals surface area contributed by atoms with E-state index >= 15 is 0 Å². The highest BCUT2D eigenvalue weighted by atomic mass is 16.7. The van der Waals surface area contributed by atoms with E-state index in [1.165, 1.54) is 32.1 Å². The van der Waals surface area contributed by atoms with Crippen molar-refractivity contribution >= 4 is 7.12 Å². The van der Waals surface area contributed by atoms with E-state index in [1.807, 2.05) is 0 Å². The van der Waals surface area contributed by atoms with Crippen LogP contribution >= 0.6 is 0 Å². The molecule has 1 unspecified atom stereocenters. The van der Waals surface area contributed by atoms with Crippen molar-refractivity contribution in [2.24, 2.45) is 11.8 Å². The van der Waals surface area contributed by atoms with Crippen molar-refractivity contribution in [2.45, 2.75) is 77.9 Å². The molecule has 1 saturated carbocycles. The summed E-state index contributed by atoms with van der Waals surface area (Å²) in [4.78, 5) is 0. The van der Waals surface area contributed by atoms with Gasteiger partial charge in [-0.2, -0.15) is 0 Å². The molecule has 0 radical (unpaired) electrons. The second-order valence-electron chi connectivity index (χ2n) is 7.27. The lowest BCUT2D eigenvalue weighted by atomic mass is 9.78. The highest BCUT2D eigenvalue weighted by molar-refractivity contribution is 6.51. The van der Waals surface area contributed by atoms with Crippen LogP contribution in [-0.4, -0.2) is 18.3 Å². The van der Waals surface area contributed by atoms with Gasteiger partial charge in [0, 0.05) is 0 Å². The third kappa shape index (κ3) is 3.43. The van der Waals surface area contributed by atoms with E-state index in [1.54, 1.807) is 0 Å². The number of hydrogen-bond donors (Lipinski definition) is 0. The molecule has 19 heavy (non-hydrogen) atoms. The third-order valence-electron chi connectivity index (χ3n) is 5.24. The molecular formula is C16H29BO2. The van der Waals surface area contributed by atoms with Crippen LogP contribution in [0.25, 0.3) is 0 Å².